The number of aromatic nitrogens is 2. The van der Waals surface area contributed by atoms with Crippen LogP contribution in [0.1, 0.15) is 11.4 Å². The zero-order chi connectivity index (χ0) is 14.3. The Kier molecular flexibility index (Phi) is 2.98. The molecular weight excluding hydrogens is 286 g/mol. The van der Waals surface area contributed by atoms with Crippen LogP contribution in [0.15, 0.2) is 18.3 Å². The molecule has 0 fully saturated rings. The molecule has 0 saturated heterocycles. The molecule has 2 aromatic rings. The van der Waals surface area contributed by atoms with Crippen LogP contribution in [-0.4, -0.2) is 21.3 Å². The highest BCUT2D eigenvalue weighted by Crippen LogP contribution is 2.37. The van der Waals surface area contributed by atoms with Crippen molar-refractivity contribution in [1.29, 1.82) is 0 Å². The summed E-state index contributed by atoms with van der Waals surface area (Å²) in [5, 5.41) is 11.4. The van der Waals surface area contributed by atoms with Crippen molar-refractivity contribution in [3.63, 3.8) is 0 Å². The van der Waals surface area contributed by atoms with Crippen LogP contribution in [0, 0.1) is 17.0 Å². The number of nitrogens with zero attached hydrogens (tertiary/aromatic N) is 3. The first-order chi connectivity index (χ1) is 9.56. The van der Waals surface area contributed by atoms with Crippen LogP contribution in [-0.2, 0) is 6.54 Å². The van der Waals surface area contributed by atoms with Crippen molar-refractivity contribution < 1.29 is 14.4 Å². The van der Waals surface area contributed by atoms with Gasteiger partial charge in [0.1, 0.15) is 12.7 Å². The topological polar surface area (TPSA) is 79.4 Å². The zero-order valence-corrected chi connectivity index (χ0v) is 11.3. The second-order valence-electron chi connectivity index (χ2n) is 4.30. The van der Waals surface area contributed by atoms with Gasteiger partial charge >= 0.3 is 5.82 Å². The van der Waals surface area contributed by atoms with Gasteiger partial charge in [0, 0.05) is 18.6 Å². The first-order valence-corrected chi connectivity index (χ1v) is 6.18. The van der Waals surface area contributed by atoms with E-state index in [1.54, 1.807) is 19.1 Å². The maximum atomic E-state index is 11.0. The molecule has 0 atom stereocenters. The Morgan fingerprint density at radius 3 is 2.85 bits per heavy atom. The van der Waals surface area contributed by atoms with Crippen LogP contribution in [0.2, 0.25) is 5.02 Å². The lowest BCUT2D eigenvalue weighted by atomic mass is 10.2. The summed E-state index contributed by atoms with van der Waals surface area (Å²) in [6.07, 6.45) is 1.23. The number of imidazole rings is 1. The summed E-state index contributed by atoms with van der Waals surface area (Å²) in [7, 11) is 0. The van der Waals surface area contributed by atoms with Crippen LogP contribution in [0.5, 0.6) is 11.5 Å². The van der Waals surface area contributed by atoms with E-state index in [1.807, 2.05) is 0 Å². The molecule has 7 nitrogen and oxygen atoms in total. The fourth-order valence-electron chi connectivity index (χ4n) is 2.05. The Balaban J connectivity index is 2.00. The summed E-state index contributed by atoms with van der Waals surface area (Å²) >= 11 is 6.17. The second kappa shape index (κ2) is 4.68. The third-order valence-electron chi connectivity index (χ3n) is 3.09. The highest BCUT2D eigenvalue weighted by Gasteiger charge is 2.22. The van der Waals surface area contributed by atoms with Gasteiger partial charge in [-0.05, 0) is 11.0 Å². The zero-order valence-electron chi connectivity index (χ0n) is 10.5. The molecule has 1 aliphatic heterocycles. The molecule has 0 amide bonds. The molecule has 0 unspecified atom stereocenters. The van der Waals surface area contributed by atoms with Crippen LogP contribution in [0.25, 0.3) is 0 Å². The molecule has 8 heteroatoms. The molecule has 1 aromatic heterocycles. The average molecular weight is 296 g/mol. The summed E-state index contributed by atoms with van der Waals surface area (Å²) in [5.74, 6) is 1.64. The first kappa shape index (κ1) is 12.7. The van der Waals surface area contributed by atoms with Crippen LogP contribution < -0.4 is 9.47 Å². The summed E-state index contributed by atoms with van der Waals surface area (Å²) in [4.78, 5) is 14.5. The predicted octanol–water partition coefficient (Wildman–Crippen LogP) is 2.53. The second-order valence-corrected chi connectivity index (χ2v) is 4.71. The number of nitro groups is 1. The van der Waals surface area contributed by atoms with Gasteiger partial charge < -0.3 is 19.6 Å². The van der Waals surface area contributed by atoms with Gasteiger partial charge in [-0.25, -0.2) is 9.55 Å². The Bertz CT molecular complexity index is 698. The minimum absolute atomic E-state index is 0.0729. The quantitative estimate of drug-likeness (QED) is 0.642. The molecule has 1 aliphatic rings. The molecule has 3 rings (SSSR count). The van der Waals surface area contributed by atoms with Crippen molar-refractivity contribution in [1.82, 2.24) is 9.55 Å². The lowest BCUT2D eigenvalue weighted by molar-refractivity contribution is -0.392. The lowest BCUT2D eigenvalue weighted by Crippen LogP contribution is -2.06. The summed E-state index contributed by atoms with van der Waals surface area (Å²) in [6, 6.07) is 3.38. The van der Waals surface area contributed by atoms with Crippen molar-refractivity contribution in [2.75, 3.05) is 6.79 Å². The minimum atomic E-state index is -0.471. The van der Waals surface area contributed by atoms with E-state index in [0.29, 0.717) is 27.9 Å². The number of rotatable bonds is 3. The molecule has 104 valence electrons. The maximum absolute atomic E-state index is 11.0. The van der Waals surface area contributed by atoms with Crippen molar-refractivity contribution in [2.24, 2.45) is 0 Å². The smallest absolute Gasteiger partial charge is 0.343 e. The monoisotopic (exact) mass is 295 g/mol. The van der Waals surface area contributed by atoms with Gasteiger partial charge in [0.15, 0.2) is 17.3 Å². The molecule has 0 radical (unpaired) electrons. The number of halogens is 1. The van der Waals surface area contributed by atoms with Gasteiger partial charge in [0.05, 0.1) is 5.02 Å². The van der Waals surface area contributed by atoms with E-state index in [4.69, 9.17) is 21.1 Å². The Hall–Kier alpha value is -2.28. The SMILES string of the molecule is Cc1ncc([N+](=O)[O-])n1Cc1cc2c(cc1Cl)OCO2. The Morgan fingerprint density at radius 1 is 1.45 bits per heavy atom. The third-order valence-corrected chi connectivity index (χ3v) is 3.44. The van der Waals surface area contributed by atoms with E-state index in [2.05, 4.69) is 4.98 Å². The molecule has 0 N–H and O–H groups in total. The minimum Gasteiger partial charge on any atom is -0.454 e. The molecule has 0 bridgehead atoms. The Labute approximate surface area is 118 Å². The van der Waals surface area contributed by atoms with Crippen molar-refractivity contribution in [2.45, 2.75) is 13.5 Å². The summed E-state index contributed by atoms with van der Waals surface area (Å²) < 4.78 is 12.0. The maximum Gasteiger partial charge on any atom is 0.343 e. The van der Waals surface area contributed by atoms with E-state index < -0.39 is 4.92 Å². The summed E-state index contributed by atoms with van der Waals surface area (Å²) in [5.41, 5.74) is 0.708. The Morgan fingerprint density at radius 2 is 2.15 bits per heavy atom. The van der Waals surface area contributed by atoms with Gasteiger partial charge in [-0.3, -0.25) is 0 Å². The van der Waals surface area contributed by atoms with Gasteiger partial charge in [-0.15, -0.1) is 0 Å². The molecular formula is C12H10ClN3O4. The molecule has 0 saturated carbocycles. The van der Waals surface area contributed by atoms with Crippen molar-refractivity contribution in [3.05, 3.63) is 44.9 Å². The highest BCUT2D eigenvalue weighted by molar-refractivity contribution is 6.31. The lowest BCUT2D eigenvalue weighted by Gasteiger charge is -2.06. The molecule has 0 aliphatic carbocycles. The van der Waals surface area contributed by atoms with Crippen LogP contribution >= 0.6 is 11.6 Å². The van der Waals surface area contributed by atoms with E-state index in [9.17, 15) is 10.1 Å². The van der Waals surface area contributed by atoms with E-state index in [0.717, 1.165) is 0 Å². The fourth-order valence-corrected chi connectivity index (χ4v) is 2.26. The standard InChI is InChI=1S/C12H10ClN3O4/c1-7-14-4-12(16(17)18)15(7)5-8-2-10-11(3-9(8)13)20-6-19-10/h2-4H,5-6H2,1H3. The van der Waals surface area contributed by atoms with Gasteiger partial charge in [0.25, 0.3) is 0 Å². The highest BCUT2D eigenvalue weighted by atomic mass is 35.5. The van der Waals surface area contributed by atoms with Crippen molar-refractivity contribution in [3.8, 4) is 11.5 Å². The number of aryl methyl sites for hydroxylation is 1. The van der Waals surface area contributed by atoms with Crippen LogP contribution in [0.3, 0.4) is 0 Å². The van der Waals surface area contributed by atoms with Gasteiger partial charge in [0.2, 0.25) is 6.79 Å². The van der Waals surface area contributed by atoms with Gasteiger partial charge in [-0.2, -0.15) is 0 Å². The van der Waals surface area contributed by atoms with Crippen LogP contribution in [0.4, 0.5) is 5.82 Å². The number of hydrogen-bond donors (Lipinski definition) is 0. The van der Waals surface area contributed by atoms with Gasteiger partial charge in [-0.1, -0.05) is 11.6 Å². The van der Waals surface area contributed by atoms with E-state index >= 15 is 0 Å². The molecule has 0 spiro atoms. The third kappa shape index (κ3) is 2.05. The predicted molar refractivity (Wildman–Crippen MR) is 70.3 cm³/mol. The summed E-state index contributed by atoms with van der Waals surface area (Å²) in [6.45, 7) is 2.10. The largest absolute Gasteiger partial charge is 0.454 e. The normalized spacial score (nSPS) is 12.7. The van der Waals surface area contributed by atoms with Crippen molar-refractivity contribution >= 4 is 17.4 Å². The molecule has 20 heavy (non-hydrogen) atoms. The number of fused-ring (bicyclic) bond motifs is 1. The molecule has 1 aromatic carbocycles. The number of ether oxygens (including phenoxy) is 2. The van der Waals surface area contributed by atoms with E-state index in [1.165, 1.54) is 10.8 Å². The van der Waals surface area contributed by atoms with E-state index in [-0.39, 0.29) is 19.2 Å². The number of hydrogen-bond acceptors (Lipinski definition) is 5. The molecule has 2 heterocycles. The average Bonchev–Trinajstić information content (AvgIpc) is 2.97. The first-order valence-electron chi connectivity index (χ1n) is 5.81. The fraction of sp³-hybridized carbons (Fsp3) is 0.250. The number of benzene rings is 1.